The Morgan fingerprint density at radius 3 is 2.68 bits per heavy atom. The Labute approximate surface area is 191 Å². The lowest BCUT2D eigenvalue weighted by molar-refractivity contribution is -0.0278. The van der Waals surface area contributed by atoms with E-state index in [1.54, 1.807) is 11.4 Å². The van der Waals surface area contributed by atoms with Crippen LogP contribution in [0.25, 0.3) is 11.5 Å². The molecule has 0 saturated heterocycles. The van der Waals surface area contributed by atoms with Crippen LogP contribution in [0, 0.1) is 0 Å². The van der Waals surface area contributed by atoms with Gasteiger partial charge in [0.05, 0.1) is 29.5 Å². The van der Waals surface area contributed by atoms with Gasteiger partial charge >= 0.3 is 6.05 Å². The van der Waals surface area contributed by atoms with Crippen molar-refractivity contribution in [3.05, 3.63) is 77.9 Å². The maximum Gasteiger partial charge on any atom is 0.370 e. The lowest BCUT2D eigenvalue weighted by Crippen LogP contribution is -2.30. The summed E-state index contributed by atoms with van der Waals surface area (Å²) in [6.45, 7) is -0.207. The molecule has 4 N–H and O–H groups in total. The number of anilines is 3. The van der Waals surface area contributed by atoms with Gasteiger partial charge < -0.3 is 20.2 Å². The maximum absolute atomic E-state index is 14.0. The van der Waals surface area contributed by atoms with Gasteiger partial charge in [0.1, 0.15) is 17.3 Å². The lowest BCUT2D eigenvalue weighted by atomic mass is 10.1. The predicted octanol–water partition coefficient (Wildman–Crippen LogP) is 3.21. The highest BCUT2D eigenvalue weighted by atomic mass is 19.3. The quantitative estimate of drug-likeness (QED) is 0.303. The van der Waals surface area contributed by atoms with Gasteiger partial charge in [-0.3, -0.25) is 10.1 Å². The van der Waals surface area contributed by atoms with E-state index < -0.39 is 23.7 Å². The summed E-state index contributed by atoms with van der Waals surface area (Å²) >= 11 is 0. The first-order chi connectivity index (χ1) is 16.4. The third-order valence-electron chi connectivity index (χ3n) is 5.17. The standard InChI is InChI=1S/C22H17F2N7O3/c23-22(24)19-13(20(33)30-22)6-7-17(29-19)28-18-8-15(14(9-25-18)21-31-26-11-34-21)27-16(10-32)12-4-2-1-3-5-12/h1-9,11,16,32H,10H2,(H,30,33)(H2,25,27,28,29)/t16-/m1/s1. The molecule has 4 aromatic rings. The highest BCUT2D eigenvalue weighted by molar-refractivity contribution is 5.99. The van der Waals surface area contributed by atoms with Gasteiger partial charge in [-0.15, -0.1) is 10.2 Å². The summed E-state index contributed by atoms with van der Waals surface area (Å²) in [5.74, 6) is -0.348. The predicted molar refractivity (Wildman–Crippen MR) is 116 cm³/mol. The highest BCUT2D eigenvalue weighted by Gasteiger charge is 2.45. The molecule has 0 unspecified atom stereocenters. The Morgan fingerprint density at radius 1 is 1.12 bits per heavy atom. The molecule has 10 nitrogen and oxygen atoms in total. The Kier molecular flexibility index (Phi) is 5.34. The number of aliphatic hydroxyl groups excluding tert-OH is 1. The largest absolute Gasteiger partial charge is 0.423 e. The van der Waals surface area contributed by atoms with Crippen LogP contribution in [-0.2, 0) is 6.05 Å². The second-order valence-corrected chi connectivity index (χ2v) is 7.40. The fraction of sp³-hybridized carbons (Fsp3) is 0.136. The molecule has 1 aromatic carbocycles. The van der Waals surface area contributed by atoms with Crippen molar-refractivity contribution in [3.8, 4) is 11.5 Å². The molecule has 1 aliphatic rings. The van der Waals surface area contributed by atoms with E-state index in [0.717, 1.165) is 5.56 Å². The summed E-state index contributed by atoms with van der Waals surface area (Å²) < 4.78 is 33.4. The van der Waals surface area contributed by atoms with E-state index in [9.17, 15) is 18.7 Å². The first kappa shape index (κ1) is 21.4. The van der Waals surface area contributed by atoms with Crippen molar-refractivity contribution in [2.45, 2.75) is 12.1 Å². The van der Waals surface area contributed by atoms with Gasteiger partial charge in [0.25, 0.3) is 11.8 Å². The number of amides is 1. The van der Waals surface area contributed by atoms with Crippen molar-refractivity contribution in [2.24, 2.45) is 0 Å². The number of carbonyl (C=O) groups is 1. The molecular formula is C22H17F2N7O3. The highest BCUT2D eigenvalue weighted by Crippen LogP contribution is 2.35. The van der Waals surface area contributed by atoms with E-state index in [4.69, 9.17) is 4.42 Å². The van der Waals surface area contributed by atoms with Gasteiger partial charge in [-0.1, -0.05) is 30.3 Å². The number of nitrogens with one attached hydrogen (secondary N) is 3. The zero-order chi connectivity index (χ0) is 23.7. The molecule has 0 saturated carbocycles. The number of benzene rings is 1. The zero-order valence-corrected chi connectivity index (χ0v) is 17.4. The number of carbonyl (C=O) groups excluding carboxylic acids is 1. The number of alkyl halides is 2. The van der Waals surface area contributed by atoms with E-state index in [1.165, 1.54) is 24.7 Å². The van der Waals surface area contributed by atoms with Crippen molar-refractivity contribution in [1.82, 2.24) is 25.5 Å². The average molecular weight is 465 g/mol. The lowest BCUT2D eigenvalue weighted by Gasteiger charge is -2.20. The van der Waals surface area contributed by atoms with Crippen molar-refractivity contribution >= 4 is 23.2 Å². The second kappa shape index (κ2) is 8.48. The number of fused-ring (bicyclic) bond motifs is 1. The van der Waals surface area contributed by atoms with Gasteiger partial charge in [-0.05, 0) is 17.7 Å². The number of hydrogen-bond donors (Lipinski definition) is 4. The normalized spacial score (nSPS) is 14.9. The molecule has 0 bridgehead atoms. The Morgan fingerprint density at radius 2 is 1.94 bits per heavy atom. The number of halogens is 2. The van der Waals surface area contributed by atoms with E-state index in [0.29, 0.717) is 11.3 Å². The maximum atomic E-state index is 14.0. The molecule has 0 aliphatic carbocycles. The second-order valence-electron chi connectivity index (χ2n) is 7.40. The van der Waals surface area contributed by atoms with Crippen LogP contribution in [0.3, 0.4) is 0 Å². The first-order valence-electron chi connectivity index (χ1n) is 10.1. The fourth-order valence-corrected chi connectivity index (χ4v) is 3.56. The van der Waals surface area contributed by atoms with Crippen molar-refractivity contribution in [3.63, 3.8) is 0 Å². The molecule has 1 atom stereocenters. The minimum absolute atomic E-state index is 0.0701. The number of nitrogens with zero attached hydrogens (tertiary/aromatic N) is 4. The topological polar surface area (TPSA) is 138 Å². The Hall–Kier alpha value is -4.45. The van der Waals surface area contributed by atoms with Crippen molar-refractivity contribution in [2.75, 3.05) is 17.2 Å². The molecule has 3 aromatic heterocycles. The Balaban J connectivity index is 1.48. The molecule has 1 aliphatic heterocycles. The zero-order valence-electron chi connectivity index (χ0n) is 17.4. The third-order valence-corrected chi connectivity index (χ3v) is 5.17. The summed E-state index contributed by atoms with van der Waals surface area (Å²) in [6.07, 6.45) is 2.64. The van der Waals surface area contributed by atoms with Gasteiger partial charge in [-0.25, -0.2) is 9.97 Å². The smallest absolute Gasteiger partial charge is 0.370 e. The van der Waals surface area contributed by atoms with E-state index >= 15 is 0 Å². The van der Waals surface area contributed by atoms with Crippen LogP contribution in [-0.4, -0.2) is 37.8 Å². The average Bonchev–Trinajstić information content (AvgIpc) is 3.44. The summed E-state index contributed by atoms with van der Waals surface area (Å²) in [5.41, 5.74) is 0.958. The summed E-state index contributed by atoms with van der Waals surface area (Å²) in [4.78, 5) is 19.9. The number of hydrogen-bond acceptors (Lipinski definition) is 9. The number of rotatable bonds is 7. The van der Waals surface area contributed by atoms with Crippen LogP contribution < -0.4 is 16.0 Å². The van der Waals surface area contributed by atoms with Crippen molar-refractivity contribution in [1.29, 1.82) is 0 Å². The molecule has 0 spiro atoms. The van der Waals surface area contributed by atoms with Crippen LogP contribution in [0.4, 0.5) is 26.1 Å². The summed E-state index contributed by atoms with van der Waals surface area (Å²) in [7, 11) is 0. The molecular weight excluding hydrogens is 448 g/mol. The van der Waals surface area contributed by atoms with Gasteiger partial charge in [-0.2, -0.15) is 8.78 Å². The molecule has 172 valence electrons. The molecule has 12 heteroatoms. The first-order valence-corrected chi connectivity index (χ1v) is 10.1. The van der Waals surface area contributed by atoms with Crippen molar-refractivity contribution < 1.29 is 23.1 Å². The van der Waals surface area contributed by atoms with Crippen LogP contribution in [0.5, 0.6) is 0 Å². The molecule has 0 fully saturated rings. The molecule has 34 heavy (non-hydrogen) atoms. The number of aliphatic hydroxyl groups is 1. The monoisotopic (exact) mass is 465 g/mol. The van der Waals surface area contributed by atoms with Gasteiger partial charge in [0, 0.05) is 12.3 Å². The number of aromatic nitrogens is 4. The third kappa shape index (κ3) is 4.01. The van der Waals surface area contributed by atoms with Gasteiger partial charge in [0.15, 0.2) is 0 Å². The number of pyridine rings is 2. The van der Waals surface area contributed by atoms with E-state index in [-0.39, 0.29) is 29.7 Å². The Bertz CT molecular complexity index is 1330. The molecule has 4 heterocycles. The van der Waals surface area contributed by atoms with Gasteiger partial charge in [0.2, 0.25) is 6.39 Å². The SMILES string of the molecule is O=C1NC(F)(F)c2nc(Nc3cc(N[C@H](CO)c4ccccc4)c(-c4nnco4)cn3)ccc21. The van der Waals surface area contributed by atoms with Crippen LogP contribution in [0.15, 0.2) is 65.5 Å². The fourth-order valence-electron chi connectivity index (χ4n) is 3.56. The minimum atomic E-state index is -3.56. The molecule has 1 amide bonds. The molecule has 0 radical (unpaired) electrons. The summed E-state index contributed by atoms with van der Waals surface area (Å²) in [6, 6.07) is 9.55. The van der Waals surface area contributed by atoms with Crippen LogP contribution in [0.1, 0.15) is 27.7 Å². The minimum Gasteiger partial charge on any atom is -0.423 e. The van der Waals surface area contributed by atoms with E-state index in [1.807, 2.05) is 30.3 Å². The van der Waals surface area contributed by atoms with E-state index in [2.05, 4.69) is 30.8 Å². The van der Waals surface area contributed by atoms with Crippen LogP contribution in [0.2, 0.25) is 0 Å². The summed E-state index contributed by atoms with van der Waals surface area (Å²) in [5, 5.41) is 25.3. The van der Waals surface area contributed by atoms with Crippen LogP contribution >= 0.6 is 0 Å². The molecule has 5 rings (SSSR count).